The van der Waals surface area contributed by atoms with Crippen molar-refractivity contribution in [3.63, 3.8) is 0 Å². The second-order valence-corrected chi connectivity index (χ2v) is 7.51. The third-order valence-corrected chi connectivity index (χ3v) is 6.02. The fourth-order valence-electron chi connectivity index (χ4n) is 3.81. The first-order valence-electron chi connectivity index (χ1n) is 7.25. The van der Waals surface area contributed by atoms with Gasteiger partial charge < -0.3 is 11.1 Å². The Hall–Kier alpha value is -0.570. The van der Waals surface area contributed by atoms with E-state index in [-0.39, 0.29) is 28.1 Å². The number of hydrogen-bond acceptors (Lipinski definition) is 2. The molecule has 0 spiro atoms. The molecule has 3 heteroatoms. The summed E-state index contributed by atoms with van der Waals surface area (Å²) < 4.78 is 0. The number of carbonyl (C=O) groups is 1. The first-order valence-corrected chi connectivity index (χ1v) is 7.25. The Morgan fingerprint density at radius 2 is 1.67 bits per heavy atom. The highest BCUT2D eigenvalue weighted by atomic mass is 16.2. The predicted octanol–water partition coefficient (Wildman–Crippen LogP) is 2.30. The highest BCUT2D eigenvalue weighted by Crippen LogP contribution is 2.68. The lowest BCUT2D eigenvalue weighted by atomic mass is 9.86. The largest absolute Gasteiger partial charge is 0.355 e. The summed E-state index contributed by atoms with van der Waals surface area (Å²) in [6, 6.07) is 0. The maximum Gasteiger partial charge on any atom is 0.224 e. The van der Waals surface area contributed by atoms with E-state index in [1.54, 1.807) is 0 Å². The van der Waals surface area contributed by atoms with Crippen molar-refractivity contribution in [2.24, 2.45) is 27.9 Å². The van der Waals surface area contributed by atoms with E-state index in [2.05, 4.69) is 33.0 Å². The Bertz CT molecular complexity index is 326. The van der Waals surface area contributed by atoms with Gasteiger partial charge in [0.1, 0.15) is 0 Å². The highest BCUT2D eigenvalue weighted by Gasteiger charge is 2.68. The molecule has 2 saturated carbocycles. The molecule has 104 valence electrons. The van der Waals surface area contributed by atoms with Crippen LogP contribution in [0.4, 0.5) is 0 Å². The Morgan fingerprint density at radius 3 is 2.06 bits per heavy atom. The van der Waals surface area contributed by atoms with Crippen molar-refractivity contribution < 1.29 is 4.79 Å². The van der Waals surface area contributed by atoms with E-state index < -0.39 is 0 Å². The van der Waals surface area contributed by atoms with Gasteiger partial charge in [-0.25, -0.2) is 0 Å². The van der Waals surface area contributed by atoms with Crippen LogP contribution in [0.2, 0.25) is 0 Å². The first-order chi connectivity index (χ1) is 8.27. The molecule has 2 fully saturated rings. The Morgan fingerprint density at radius 1 is 1.17 bits per heavy atom. The molecular formula is C15H28N2O. The van der Waals surface area contributed by atoms with E-state index in [9.17, 15) is 4.79 Å². The maximum atomic E-state index is 12.3. The van der Waals surface area contributed by atoms with Crippen molar-refractivity contribution >= 4 is 5.91 Å². The monoisotopic (exact) mass is 252 g/mol. The summed E-state index contributed by atoms with van der Waals surface area (Å²) in [5, 5.41) is 3.17. The van der Waals surface area contributed by atoms with E-state index in [4.69, 9.17) is 5.73 Å². The van der Waals surface area contributed by atoms with E-state index in [0.717, 1.165) is 6.54 Å². The molecular weight excluding hydrogens is 224 g/mol. The summed E-state index contributed by atoms with van der Waals surface area (Å²) in [6.45, 7) is 10.2. The number of amides is 1. The standard InChI is InChI=1S/C15H28N2O/c1-13(2)11(14(13,3)4)12(18)17-10-15(9-16)7-5-6-8-15/h11H,5-10,16H2,1-4H3,(H,17,18). The van der Waals surface area contributed by atoms with Gasteiger partial charge in [-0.2, -0.15) is 0 Å². The molecule has 0 saturated heterocycles. The summed E-state index contributed by atoms with van der Waals surface area (Å²) in [5.74, 6) is 0.381. The third kappa shape index (κ3) is 1.97. The van der Waals surface area contributed by atoms with Gasteiger partial charge >= 0.3 is 0 Å². The summed E-state index contributed by atoms with van der Waals surface area (Å²) >= 11 is 0. The smallest absolute Gasteiger partial charge is 0.224 e. The van der Waals surface area contributed by atoms with Crippen LogP contribution in [0.5, 0.6) is 0 Å². The Balaban J connectivity index is 1.90. The van der Waals surface area contributed by atoms with Gasteiger partial charge in [0, 0.05) is 12.5 Å². The van der Waals surface area contributed by atoms with Crippen LogP contribution in [0.15, 0.2) is 0 Å². The molecule has 2 aliphatic carbocycles. The van der Waals surface area contributed by atoms with Gasteiger partial charge in [-0.15, -0.1) is 0 Å². The minimum absolute atomic E-state index is 0.128. The van der Waals surface area contributed by atoms with Crippen LogP contribution < -0.4 is 11.1 Å². The van der Waals surface area contributed by atoms with Crippen LogP contribution in [-0.2, 0) is 4.79 Å². The number of nitrogens with two attached hydrogens (primary N) is 1. The SMILES string of the molecule is CC1(C)C(C(=O)NCC2(CN)CCCC2)C1(C)C. The molecule has 0 unspecified atom stereocenters. The predicted molar refractivity (Wildman–Crippen MR) is 74.0 cm³/mol. The number of rotatable bonds is 4. The van der Waals surface area contributed by atoms with Crippen molar-refractivity contribution in [3.05, 3.63) is 0 Å². The Labute approximate surface area is 111 Å². The van der Waals surface area contributed by atoms with Crippen LogP contribution in [-0.4, -0.2) is 19.0 Å². The van der Waals surface area contributed by atoms with E-state index in [1.807, 2.05) is 0 Å². The van der Waals surface area contributed by atoms with Crippen molar-refractivity contribution in [1.82, 2.24) is 5.32 Å². The second-order valence-electron chi connectivity index (χ2n) is 7.51. The normalized spacial score (nSPS) is 28.1. The molecule has 2 rings (SSSR count). The van der Waals surface area contributed by atoms with Gasteiger partial charge in [-0.3, -0.25) is 4.79 Å². The molecule has 0 atom stereocenters. The Kier molecular flexibility index (Phi) is 3.25. The average molecular weight is 252 g/mol. The lowest BCUT2D eigenvalue weighted by Gasteiger charge is -2.27. The van der Waals surface area contributed by atoms with Crippen molar-refractivity contribution in [2.75, 3.05) is 13.1 Å². The summed E-state index contributed by atoms with van der Waals surface area (Å²) in [7, 11) is 0. The number of hydrogen-bond donors (Lipinski definition) is 2. The molecule has 2 aliphatic rings. The highest BCUT2D eigenvalue weighted by molar-refractivity contribution is 5.84. The number of carbonyl (C=O) groups excluding carboxylic acids is 1. The van der Waals surface area contributed by atoms with Crippen molar-refractivity contribution in [1.29, 1.82) is 0 Å². The summed E-state index contributed by atoms with van der Waals surface area (Å²) in [4.78, 5) is 12.3. The molecule has 0 aromatic carbocycles. The molecule has 0 aromatic rings. The molecule has 0 aliphatic heterocycles. The minimum atomic E-state index is 0.128. The summed E-state index contributed by atoms with van der Waals surface area (Å²) in [6.07, 6.45) is 4.85. The maximum absolute atomic E-state index is 12.3. The van der Waals surface area contributed by atoms with Gasteiger partial charge in [-0.05, 0) is 35.6 Å². The van der Waals surface area contributed by atoms with Gasteiger partial charge in [0.15, 0.2) is 0 Å². The molecule has 1 amide bonds. The molecule has 0 heterocycles. The lowest BCUT2D eigenvalue weighted by Crippen LogP contribution is -2.41. The lowest BCUT2D eigenvalue weighted by molar-refractivity contribution is -0.124. The zero-order chi connectivity index (χ0) is 13.6. The van der Waals surface area contributed by atoms with E-state index >= 15 is 0 Å². The molecule has 0 bridgehead atoms. The zero-order valence-corrected chi connectivity index (χ0v) is 12.3. The van der Waals surface area contributed by atoms with Crippen molar-refractivity contribution in [3.8, 4) is 0 Å². The fraction of sp³-hybridized carbons (Fsp3) is 0.933. The summed E-state index contributed by atoms with van der Waals surface area (Å²) in [5.41, 5.74) is 6.34. The van der Waals surface area contributed by atoms with Crippen LogP contribution in [0, 0.1) is 22.2 Å². The van der Waals surface area contributed by atoms with Crippen LogP contribution >= 0.6 is 0 Å². The van der Waals surface area contributed by atoms with Gasteiger partial charge in [-0.1, -0.05) is 40.5 Å². The quantitative estimate of drug-likeness (QED) is 0.806. The van der Waals surface area contributed by atoms with Crippen LogP contribution in [0.3, 0.4) is 0 Å². The number of nitrogens with one attached hydrogen (secondary N) is 1. The topological polar surface area (TPSA) is 55.1 Å². The molecule has 18 heavy (non-hydrogen) atoms. The van der Waals surface area contributed by atoms with Crippen LogP contribution in [0.1, 0.15) is 53.4 Å². The minimum Gasteiger partial charge on any atom is -0.355 e. The fourth-order valence-corrected chi connectivity index (χ4v) is 3.81. The zero-order valence-electron chi connectivity index (χ0n) is 12.3. The van der Waals surface area contributed by atoms with Crippen LogP contribution in [0.25, 0.3) is 0 Å². The molecule has 3 nitrogen and oxygen atoms in total. The van der Waals surface area contributed by atoms with E-state index in [1.165, 1.54) is 25.7 Å². The van der Waals surface area contributed by atoms with E-state index in [0.29, 0.717) is 6.54 Å². The second kappa shape index (κ2) is 4.22. The third-order valence-electron chi connectivity index (χ3n) is 6.02. The van der Waals surface area contributed by atoms with Gasteiger partial charge in [0.05, 0.1) is 0 Å². The average Bonchev–Trinajstić information content (AvgIpc) is 2.69. The van der Waals surface area contributed by atoms with Gasteiger partial charge in [0.25, 0.3) is 0 Å². The molecule has 3 N–H and O–H groups in total. The first kappa shape index (κ1) is 13.9. The van der Waals surface area contributed by atoms with Gasteiger partial charge in [0.2, 0.25) is 5.91 Å². The molecule has 0 radical (unpaired) electrons. The van der Waals surface area contributed by atoms with Crippen molar-refractivity contribution in [2.45, 2.75) is 53.4 Å². The molecule has 0 aromatic heterocycles.